The zero-order chi connectivity index (χ0) is 12.9. The minimum absolute atomic E-state index is 0.187. The third-order valence-electron chi connectivity index (χ3n) is 5.80. The van der Waals surface area contributed by atoms with Gasteiger partial charge in [-0.05, 0) is 31.1 Å². The van der Waals surface area contributed by atoms with Gasteiger partial charge < -0.3 is 16.2 Å². The fraction of sp³-hybridized carbons (Fsp3) is 1.00. The second kappa shape index (κ2) is 4.46. The van der Waals surface area contributed by atoms with Crippen LogP contribution in [0.3, 0.4) is 0 Å². The Kier molecular flexibility index (Phi) is 3.20. The third kappa shape index (κ3) is 2.10. The molecule has 0 spiro atoms. The number of piperidine rings is 1. The van der Waals surface area contributed by atoms with Gasteiger partial charge in [0.15, 0.2) is 0 Å². The summed E-state index contributed by atoms with van der Waals surface area (Å²) in [5.74, 6) is 0.980. The summed E-state index contributed by atoms with van der Waals surface area (Å²) in [6.45, 7) is 4.58. The number of aliphatic hydroxyl groups excluding tert-OH is 1. The normalized spacial score (nSPS) is 51.3. The maximum atomic E-state index is 10.5. The number of aliphatic hydroxyl groups is 1. The van der Waals surface area contributed by atoms with Crippen LogP contribution in [-0.4, -0.2) is 29.3 Å². The average molecular weight is 253 g/mol. The first kappa shape index (κ1) is 12.9. The van der Waals surface area contributed by atoms with Crippen LogP contribution in [0.25, 0.3) is 0 Å². The summed E-state index contributed by atoms with van der Waals surface area (Å²) in [7, 11) is 0. The van der Waals surface area contributed by atoms with E-state index in [1.54, 1.807) is 0 Å². The van der Waals surface area contributed by atoms with Gasteiger partial charge in [0.2, 0.25) is 0 Å². The van der Waals surface area contributed by atoms with Crippen molar-refractivity contribution < 1.29 is 10.4 Å². The summed E-state index contributed by atoms with van der Waals surface area (Å²) in [4.78, 5) is 0. The van der Waals surface area contributed by atoms with Gasteiger partial charge in [-0.2, -0.15) is 0 Å². The molecule has 3 rings (SSSR count). The standard InChI is InChI=1S/C15H28N2O/c1-15(2)7-11-13(12(18)8-15)14(16)9-5-3-4-6-10(9)17-11/h9-14,17-18H,3-8,16H2,1-2H3/p+1/t9?,10?,11?,12-,13?,14?/m0/s1. The van der Waals surface area contributed by atoms with Gasteiger partial charge in [0.1, 0.15) is 0 Å². The first-order chi connectivity index (χ1) is 8.48. The van der Waals surface area contributed by atoms with E-state index in [0.29, 0.717) is 17.9 Å². The van der Waals surface area contributed by atoms with E-state index >= 15 is 0 Å². The Morgan fingerprint density at radius 1 is 1.11 bits per heavy atom. The number of hydrogen-bond acceptors (Lipinski definition) is 2. The molecule has 0 aromatic rings. The second-order valence-electron chi connectivity index (χ2n) is 7.76. The predicted molar refractivity (Wildman–Crippen MR) is 71.9 cm³/mol. The van der Waals surface area contributed by atoms with E-state index in [1.807, 2.05) is 0 Å². The molecule has 0 aromatic carbocycles. The van der Waals surface area contributed by atoms with Crippen molar-refractivity contribution >= 4 is 0 Å². The SMILES string of the molecule is CC1(C)CC2[NH2+]C3CCCCC3C(N)C2[C@@H](O)C1. The monoisotopic (exact) mass is 253 g/mol. The Morgan fingerprint density at radius 2 is 1.83 bits per heavy atom. The largest absolute Gasteiger partial charge is 0.393 e. The first-order valence-corrected chi connectivity index (χ1v) is 7.76. The summed E-state index contributed by atoms with van der Waals surface area (Å²) >= 11 is 0. The number of hydrogen-bond donors (Lipinski definition) is 3. The molecule has 0 radical (unpaired) electrons. The van der Waals surface area contributed by atoms with Crippen molar-refractivity contribution in [2.75, 3.05) is 0 Å². The van der Waals surface area contributed by atoms with Crippen LogP contribution in [0.2, 0.25) is 0 Å². The van der Waals surface area contributed by atoms with Crippen molar-refractivity contribution in [2.24, 2.45) is 23.0 Å². The quantitative estimate of drug-likeness (QED) is 0.592. The van der Waals surface area contributed by atoms with E-state index in [0.717, 1.165) is 12.5 Å². The second-order valence-corrected chi connectivity index (χ2v) is 7.76. The maximum Gasteiger partial charge on any atom is 0.0935 e. The average Bonchev–Trinajstić information content (AvgIpc) is 2.26. The smallest absolute Gasteiger partial charge is 0.0935 e. The van der Waals surface area contributed by atoms with Crippen molar-refractivity contribution in [1.82, 2.24) is 0 Å². The molecule has 18 heavy (non-hydrogen) atoms. The van der Waals surface area contributed by atoms with Crippen LogP contribution in [0.4, 0.5) is 0 Å². The first-order valence-electron chi connectivity index (χ1n) is 7.76. The van der Waals surface area contributed by atoms with E-state index in [1.165, 1.54) is 32.1 Å². The fourth-order valence-electron chi connectivity index (χ4n) is 5.09. The number of rotatable bonds is 0. The summed E-state index contributed by atoms with van der Waals surface area (Å²) < 4.78 is 0. The third-order valence-corrected chi connectivity index (χ3v) is 5.80. The lowest BCUT2D eigenvalue weighted by molar-refractivity contribution is -0.751. The molecule has 1 heterocycles. The van der Waals surface area contributed by atoms with Gasteiger partial charge in [-0.25, -0.2) is 0 Å². The highest BCUT2D eigenvalue weighted by Crippen LogP contribution is 2.42. The lowest BCUT2D eigenvalue weighted by Crippen LogP contribution is -3.02. The van der Waals surface area contributed by atoms with Gasteiger partial charge in [0, 0.05) is 18.4 Å². The Bertz CT molecular complexity index is 318. The zero-order valence-corrected chi connectivity index (χ0v) is 11.8. The molecule has 3 fully saturated rings. The number of fused-ring (bicyclic) bond motifs is 2. The van der Waals surface area contributed by atoms with E-state index in [-0.39, 0.29) is 17.6 Å². The zero-order valence-electron chi connectivity index (χ0n) is 11.8. The van der Waals surface area contributed by atoms with Crippen LogP contribution in [0.15, 0.2) is 0 Å². The highest BCUT2D eigenvalue weighted by molar-refractivity contribution is 5.01. The highest BCUT2D eigenvalue weighted by Gasteiger charge is 2.53. The molecule has 2 aliphatic carbocycles. The van der Waals surface area contributed by atoms with E-state index < -0.39 is 0 Å². The van der Waals surface area contributed by atoms with Crippen LogP contribution in [0.1, 0.15) is 52.4 Å². The molecule has 6 atom stereocenters. The molecule has 0 aromatic heterocycles. The Hall–Kier alpha value is -0.120. The van der Waals surface area contributed by atoms with Gasteiger partial charge in [0.25, 0.3) is 0 Å². The molecule has 5 unspecified atom stereocenters. The van der Waals surface area contributed by atoms with Crippen molar-refractivity contribution in [1.29, 1.82) is 0 Å². The lowest BCUT2D eigenvalue weighted by Gasteiger charge is -2.52. The molecule has 5 N–H and O–H groups in total. The van der Waals surface area contributed by atoms with Gasteiger partial charge in [-0.15, -0.1) is 0 Å². The highest BCUT2D eigenvalue weighted by atomic mass is 16.3. The maximum absolute atomic E-state index is 10.5. The summed E-state index contributed by atoms with van der Waals surface area (Å²) in [5.41, 5.74) is 6.82. The van der Waals surface area contributed by atoms with Crippen molar-refractivity contribution in [2.45, 2.75) is 76.6 Å². The minimum Gasteiger partial charge on any atom is -0.393 e. The molecular weight excluding hydrogens is 224 g/mol. The molecule has 1 aliphatic heterocycles. The molecule has 3 heteroatoms. The molecule has 0 amide bonds. The number of nitrogens with two attached hydrogens (primary N) is 2. The van der Waals surface area contributed by atoms with Gasteiger partial charge in [-0.1, -0.05) is 20.3 Å². The van der Waals surface area contributed by atoms with Crippen LogP contribution in [-0.2, 0) is 0 Å². The topological polar surface area (TPSA) is 62.9 Å². The van der Waals surface area contributed by atoms with E-state index in [4.69, 9.17) is 5.73 Å². The Morgan fingerprint density at radius 3 is 2.61 bits per heavy atom. The van der Waals surface area contributed by atoms with Crippen LogP contribution >= 0.6 is 0 Å². The minimum atomic E-state index is -0.187. The molecule has 0 bridgehead atoms. The summed E-state index contributed by atoms with van der Waals surface area (Å²) in [5, 5.41) is 13.1. The number of quaternary nitrogens is 1. The summed E-state index contributed by atoms with van der Waals surface area (Å²) in [6.07, 6.45) is 7.27. The predicted octanol–water partition coefficient (Wildman–Crippen LogP) is 0.615. The van der Waals surface area contributed by atoms with E-state index in [2.05, 4.69) is 19.2 Å². The van der Waals surface area contributed by atoms with Crippen LogP contribution in [0, 0.1) is 17.3 Å². The van der Waals surface area contributed by atoms with Gasteiger partial charge in [-0.3, -0.25) is 0 Å². The molecule has 1 saturated heterocycles. The van der Waals surface area contributed by atoms with Crippen molar-refractivity contribution in [3.05, 3.63) is 0 Å². The van der Waals surface area contributed by atoms with Crippen molar-refractivity contribution in [3.63, 3.8) is 0 Å². The fourth-order valence-corrected chi connectivity index (χ4v) is 5.09. The molecule has 104 valence electrons. The van der Waals surface area contributed by atoms with Gasteiger partial charge >= 0.3 is 0 Å². The summed E-state index contributed by atoms with van der Waals surface area (Å²) in [6, 6.07) is 1.52. The molecule has 2 saturated carbocycles. The lowest BCUT2D eigenvalue weighted by atomic mass is 9.60. The molecular formula is C15H29N2O+. The van der Waals surface area contributed by atoms with Crippen LogP contribution < -0.4 is 11.1 Å². The Labute approximate surface area is 111 Å². The van der Waals surface area contributed by atoms with Crippen LogP contribution in [0.5, 0.6) is 0 Å². The van der Waals surface area contributed by atoms with Crippen molar-refractivity contribution in [3.8, 4) is 0 Å². The molecule has 3 nitrogen and oxygen atoms in total. The van der Waals surface area contributed by atoms with E-state index in [9.17, 15) is 5.11 Å². The molecule has 3 aliphatic rings. The van der Waals surface area contributed by atoms with Gasteiger partial charge in [0.05, 0.1) is 24.1 Å². The Balaban J connectivity index is 1.81.